The maximum absolute atomic E-state index is 10.9. The Hall–Kier alpha value is -2.20. The SMILES string of the molecule is Nc1n[nH]c(C(OC(=O)CO)OC(=O)CO)n1. The lowest BCUT2D eigenvalue weighted by atomic mass is 10.5. The number of aliphatic hydroxyl groups excluding tert-OH is 2. The Morgan fingerprint density at radius 3 is 2.18 bits per heavy atom. The second-order valence-electron chi connectivity index (χ2n) is 2.71. The molecule has 0 saturated carbocycles. The average molecular weight is 246 g/mol. The van der Waals surface area contributed by atoms with Gasteiger partial charge in [0.1, 0.15) is 13.2 Å². The van der Waals surface area contributed by atoms with Gasteiger partial charge >= 0.3 is 18.2 Å². The number of aromatic nitrogens is 3. The molecule has 0 aromatic carbocycles. The summed E-state index contributed by atoms with van der Waals surface area (Å²) in [6, 6.07) is 0. The predicted molar refractivity (Wildman–Crippen MR) is 49.9 cm³/mol. The Morgan fingerprint density at radius 1 is 1.29 bits per heavy atom. The number of nitrogens with two attached hydrogens (primary N) is 1. The minimum atomic E-state index is -1.56. The van der Waals surface area contributed by atoms with Gasteiger partial charge < -0.3 is 25.4 Å². The summed E-state index contributed by atoms with van der Waals surface area (Å²) in [5.41, 5.74) is 5.21. The van der Waals surface area contributed by atoms with Crippen molar-refractivity contribution < 1.29 is 29.3 Å². The molecule has 10 nitrogen and oxygen atoms in total. The maximum Gasteiger partial charge on any atom is 0.335 e. The Labute approximate surface area is 94.4 Å². The molecule has 0 fully saturated rings. The standard InChI is InChI=1S/C7H10N4O6/c8-7-9-5(10-11-7)6(16-3(14)1-12)17-4(15)2-13/h6,12-13H,1-2H2,(H3,8,9,10,11). The van der Waals surface area contributed by atoms with E-state index in [1.54, 1.807) is 0 Å². The van der Waals surface area contributed by atoms with E-state index in [4.69, 9.17) is 15.9 Å². The van der Waals surface area contributed by atoms with Gasteiger partial charge in [-0.15, -0.1) is 5.10 Å². The summed E-state index contributed by atoms with van der Waals surface area (Å²) in [6.07, 6.45) is -1.56. The predicted octanol–water partition coefficient (Wildman–Crippen LogP) is -2.54. The quantitative estimate of drug-likeness (QED) is 0.324. The lowest BCUT2D eigenvalue weighted by molar-refractivity contribution is -0.194. The van der Waals surface area contributed by atoms with Crippen molar-refractivity contribution in [2.45, 2.75) is 6.29 Å². The van der Waals surface area contributed by atoms with Gasteiger partial charge in [0.15, 0.2) is 0 Å². The number of anilines is 1. The molecule has 1 aromatic rings. The van der Waals surface area contributed by atoms with Crippen molar-refractivity contribution in [3.8, 4) is 0 Å². The van der Waals surface area contributed by atoms with Crippen molar-refractivity contribution in [3.05, 3.63) is 5.82 Å². The summed E-state index contributed by atoms with van der Waals surface area (Å²) < 4.78 is 9.08. The molecule has 10 heteroatoms. The largest absolute Gasteiger partial charge is 0.416 e. The topological polar surface area (TPSA) is 161 Å². The van der Waals surface area contributed by atoms with Gasteiger partial charge in [-0.1, -0.05) is 0 Å². The van der Waals surface area contributed by atoms with Crippen LogP contribution in [0.5, 0.6) is 0 Å². The maximum atomic E-state index is 10.9. The van der Waals surface area contributed by atoms with Crippen LogP contribution >= 0.6 is 0 Å². The average Bonchev–Trinajstić information content (AvgIpc) is 2.74. The number of carbonyl (C=O) groups is 2. The van der Waals surface area contributed by atoms with Crippen LogP contribution in [0.4, 0.5) is 5.95 Å². The van der Waals surface area contributed by atoms with E-state index >= 15 is 0 Å². The number of aromatic amines is 1. The van der Waals surface area contributed by atoms with Crippen LogP contribution in [0.25, 0.3) is 0 Å². The third-order valence-corrected chi connectivity index (χ3v) is 1.48. The third-order valence-electron chi connectivity index (χ3n) is 1.48. The van der Waals surface area contributed by atoms with Gasteiger partial charge in [-0.3, -0.25) is 5.10 Å². The molecule has 0 bridgehead atoms. The number of aliphatic hydroxyl groups is 2. The first-order chi connectivity index (χ1) is 8.06. The molecule has 0 unspecified atom stereocenters. The van der Waals surface area contributed by atoms with Crippen molar-refractivity contribution in [1.82, 2.24) is 15.2 Å². The summed E-state index contributed by atoms with van der Waals surface area (Å²) >= 11 is 0. The minimum absolute atomic E-state index is 0.147. The number of nitrogens with zero attached hydrogens (tertiary/aromatic N) is 2. The fourth-order valence-electron chi connectivity index (χ4n) is 0.842. The number of hydrogen-bond acceptors (Lipinski definition) is 9. The van der Waals surface area contributed by atoms with Crippen molar-refractivity contribution in [2.24, 2.45) is 0 Å². The zero-order chi connectivity index (χ0) is 12.8. The molecule has 0 aliphatic carbocycles. The highest BCUT2D eigenvalue weighted by atomic mass is 16.7. The Balaban J connectivity index is 2.78. The normalized spacial score (nSPS) is 10.3. The van der Waals surface area contributed by atoms with Gasteiger partial charge in [-0.25, -0.2) is 9.59 Å². The van der Waals surface area contributed by atoms with Crippen LogP contribution in [0.1, 0.15) is 12.1 Å². The van der Waals surface area contributed by atoms with Gasteiger partial charge in [0.2, 0.25) is 11.8 Å². The number of ether oxygens (including phenoxy) is 2. The highest BCUT2D eigenvalue weighted by Crippen LogP contribution is 2.15. The number of esters is 2. The van der Waals surface area contributed by atoms with Crippen molar-refractivity contribution in [3.63, 3.8) is 0 Å². The smallest absolute Gasteiger partial charge is 0.335 e. The van der Waals surface area contributed by atoms with Crippen molar-refractivity contribution in [2.75, 3.05) is 18.9 Å². The fraction of sp³-hybridized carbons (Fsp3) is 0.429. The first-order valence-electron chi connectivity index (χ1n) is 4.35. The Bertz CT molecular complexity index is 387. The van der Waals surface area contributed by atoms with Crippen LogP contribution in [0, 0.1) is 0 Å². The molecule has 0 atom stereocenters. The fourth-order valence-corrected chi connectivity index (χ4v) is 0.842. The van der Waals surface area contributed by atoms with Crippen molar-refractivity contribution >= 4 is 17.9 Å². The van der Waals surface area contributed by atoms with Gasteiger partial charge in [0, 0.05) is 0 Å². The summed E-state index contributed by atoms with van der Waals surface area (Å²) in [5.74, 6) is -2.39. The van der Waals surface area contributed by atoms with Gasteiger partial charge in [-0.2, -0.15) is 4.98 Å². The third kappa shape index (κ3) is 3.70. The van der Waals surface area contributed by atoms with Crippen molar-refractivity contribution in [1.29, 1.82) is 0 Å². The Kier molecular flexibility index (Phi) is 4.37. The molecule has 1 heterocycles. The first-order valence-corrected chi connectivity index (χ1v) is 4.35. The zero-order valence-corrected chi connectivity index (χ0v) is 8.49. The Morgan fingerprint density at radius 2 is 1.82 bits per heavy atom. The summed E-state index contributed by atoms with van der Waals surface area (Å²) in [7, 11) is 0. The summed E-state index contributed by atoms with van der Waals surface area (Å²) in [5, 5.41) is 22.7. The lowest BCUT2D eigenvalue weighted by Crippen LogP contribution is -2.22. The zero-order valence-electron chi connectivity index (χ0n) is 8.49. The van der Waals surface area contributed by atoms with E-state index in [1.165, 1.54) is 0 Å². The monoisotopic (exact) mass is 246 g/mol. The number of nitrogen functional groups attached to an aromatic ring is 1. The number of carbonyl (C=O) groups excluding carboxylic acids is 2. The van der Waals surface area contributed by atoms with Gasteiger partial charge in [0.05, 0.1) is 0 Å². The van der Waals surface area contributed by atoms with Crippen LogP contribution in [0.2, 0.25) is 0 Å². The molecule has 1 aromatic heterocycles. The molecule has 0 aliphatic heterocycles. The molecule has 0 amide bonds. The van der Waals surface area contributed by atoms with E-state index < -0.39 is 31.4 Å². The molecule has 0 saturated heterocycles. The molecule has 1 rings (SSSR count). The van der Waals surface area contributed by atoms with E-state index in [1.807, 2.05) is 0 Å². The van der Waals surface area contributed by atoms with Gasteiger partial charge in [-0.05, 0) is 0 Å². The second-order valence-corrected chi connectivity index (χ2v) is 2.71. The number of hydrogen-bond donors (Lipinski definition) is 4. The summed E-state index contributed by atoms with van der Waals surface area (Å²) in [4.78, 5) is 25.3. The molecular formula is C7H10N4O6. The number of H-pyrrole nitrogens is 1. The van der Waals surface area contributed by atoms with E-state index in [0.29, 0.717) is 0 Å². The van der Waals surface area contributed by atoms with Crippen LogP contribution in [-0.4, -0.2) is 50.5 Å². The first kappa shape index (κ1) is 12.9. The van der Waals surface area contributed by atoms with Crippen LogP contribution in [0.15, 0.2) is 0 Å². The molecule has 0 radical (unpaired) electrons. The lowest BCUT2D eigenvalue weighted by Gasteiger charge is -2.14. The van der Waals surface area contributed by atoms with E-state index in [9.17, 15) is 9.59 Å². The molecule has 5 N–H and O–H groups in total. The highest BCUT2D eigenvalue weighted by Gasteiger charge is 2.24. The molecule has 17 heavy (non-hydrogen) atoms. The highest BCUT2D eigenvalue weighted by molar-refractivity contribution is 5.72. The number of rotatable bonds is 5. The van der Waals surface area contributed by atoms with Crippen LogP contribution in [-0.2, 0) is 19.1 Å². The molecule has 0 aliphatic rings. The van der Waals surface area contributed by atoms with E-state index in [0.717, 1.165) is 0 Å². The van der Waals surface area contributed by atoms with Crippen LogP contribution in [0.3, 0.4) is 0 Å². The molecular weight excluding hydrogens is 236 g/mol. The summed E-state index contributed by atoms with van der Waals surface area (Å²) in [6.45, 7) is -1.81. The molecule has 94 valence electrons. The number of nitrogens with one attached hydrogen (secondary N) is 1. The molecule has 0 spiro atoms. The van der Waals surface area contributed by atoms with E-state index in [-0.39, 0.29) is 11.8 Å². The second kappa shape index (κ2) is 5.77. The minimum Gasteiger partial charge on any atom is -0.416 e. The van der Waals surface area contributed by atoms with Gasteiger partial charge in [0.25, 0.3) is 0 Å². The van der Waals surface area contributed by atoms with E-state index in [2.05, 4.69) is 24.7 Å². The van der Waals surface area contributed by atoms with Crippen LogP contribution < -0.4 is 5.73 Å².